The van der Waals surface area contributed by atoms with E-state index in [1.54, 1.807) is 12.1 Å². The first-order valence-electron chi connectivity index (χ1n) is 6.84. The third kappa shape index (κ3) is 4.34. The van der Waals surface area contributed by atoms with Crippen molar-refractivity contribution in [3.8, 4) is 5.75 Å². The first-order valence-corrected chi connectivity index (χ1v) is 7.59. The third-order valence-electron chi connectivity index (χ3n) is 3.11. The van der Waals surface area contributed by atoms with Crippen LogP contribution in [0.25, 0.3) is 0 Å². The van der Waals surface area contributed by atoms with Gasteiger partial charge in [-0.15, -0.1) is 5.10 Å². The maximum atomic E-state index is 5.98. The van der Waals surface area contributed by atoms with Gasteiger partial charge in [-0.3, -0.25) is 0 Å². The molecule has 0 unspecified atom stereocenters. The zero-order valence-electron chi connectivity index (χ0n) is 12.0. The van der Waals surface area contributed by atoms with Crippen molar-refractivity contribution in [1.82, 2.24) is 20.6 Å². The van der Waals surface area contributed by atoms with Crippen LogP contribution in [0, 0.1) is 0 Å². The van der Waals surface area contributed by atoms with Crippen molar-refractivity contribution in [3.63, 3.8) is 0 Å². The number of nitrogens with zero attached hydrogens (tertiary/aromatic N) is 3. The van der Waals surface area contributed by atoms with Crippen LogP contribution >= 0.6 is 23.2 Å². The first-order chi connectivity index (χ1) is 11.2. The highest BCUT2D eigenvalue weighted by atomic mass is 35.5. The Morgan fingerprint density at radius 3 is 2.48 bits per heavy atom. The predicted molar refractivity (Wildman–Crippen MR) is 88.7 cm³/mol. The maximum absolute atomic E-state index is 5.98. The minimum absolute atomic E-state index is 0.428. The molecule has 8 heteroatoms. The van der Waals surface area contributed by atoms with Gasteiger partial charge in [0.25, 0.3) is 5.95 Å². The number of aromatic nitrogens is 4. The maximum Gasteiger partial charge on any atom is 0.263 e. The number of hydrogen-bond donors (Lipinski definition) is 2. The van der Waals surface area contributed by atoms with Crippen molar-refractivity contribution in [3.05, 3.63) is 63.6 Å². The van der Waals surface area contributed by atoms with E-state index in [1.807, 2.05) is 30.3 Å². The lowest BCUT2D eigenvalue weighted by atomic mass is 10.2. The van der Waals surface area contributed by atoms with Gasteiger partial charge in [0.1, 0.15) is 12.4 Å². The van der Waals surface area contributed by atoms with Gasteiger partial charge in [-0.1, -0.05) is 46.5 Å². The first kappa shape index (κ1) is 15.6. The fraction of sp³-hybridized carbons (Fsp3) is 0.133. The Morgan fingerprint density at radius 1 is 1.00 bits per heavy atom. The molecular weight excluding hydrogens is 337 g/mol. The lowest BCUT2D eigenvalue weighted by Gasteiger charge is -2.08. The van der Waals surface area contributed by atoms with Crippen molar-refractivity contribution in [2.45, 2.75) is 13.2 Å². The zero-order valence-corrected chi connectivity index (χ0v) is 13.5. The van der Waals surface area contributed by atoms with Crippen molar-refractivity contribution in [2.75, 3.05) is 5.32 Å². The van der Waals surface area contributed by atoms with E-state index in [0.717, 1.165) is 16.9 Å². The largest absolute Gasteiger partial charge is 0.489 e. The molecule has 23 heavy (non-hydrogen) atoms. The summed E-state index contributed by atoms with van der Waals surface area (Å²) in [5.41, 5.74) is 2.04. The van der Waals surface area contributed by atoms with Crippen molar-refractivity contribution >= 4 is 29.2 Å². The molecule has 0 spiro atoms. The summed E-state index contributed by atoms with van der Waals surface area (Å²) >= 11 is 11.9. The monoisotopic (exact) mass is 349 g/mol. The van der Waals surface area contributed by atoms with Gasteiger partial charge in [-0.05, 0) is 40.6 Å². The molecule has 0 saturated heterocycles. The molecule has 0 fully saturated rings. The number of H-pyrrole nitrogens is 1. The van der Waals surface area contributed by atoms with Crippen molar-refractivity contribution in [1.29, 1.82) is 0 Å². The highest BCUT2D eigenvalue weighted by Crippen LogP contribution is 2.23. The summed E-state index contributed by atoms with van der Waals surface area (Å²) in [4.78, 5) is 0. The molecule has 2 N–H and O–H groups in total. The topological polar surface area (TPSA) is 75.7 Å². The van der Waals surface area contributed by atoms with Gasteiger partial charge in [-0.25, -0.2) is 0 Å². The van der Waals surface area contributed by atoms with E-state index in [4.69, 9.17) is 27.9 Å². The summed E-state index contributed by atoms with van der Waals surface area (Å²) < 4.78 is 5.73. The summed E-state index contributed by atoms with van der Waals surface area (Å²) in [6.45, 7) is 1.03. The molecular formula is C15H13Cl2N5O. The van der Waals surface area contributed by atoms with Gasteiger partial charge in [0, 0.05) is 6.54 Å². The van der Waals surface area contributed by atoms with Crippen LogP contribution in [0.15, 0.2) is 42.5 Å². The molecule has 118 valence electrons. The van der Waals surface area contributed by atoms with E-state index in [2.05, 4.69) is 25.9 Å². The third-order valence-corrected chi connectivity index (χ3v) is 3.85. The lowest BCUT2D eigenvalue weighted by Crippen LogP contribution is -2.01. The van der Waals surface area contributed by atoms with E-state index in [-0.39, 0.29) is 0 Å². The molecule has 0 bridgehead atoms. The number of hydrogen-bond acceptors (Lipinski definition) is 5. The highest BCUT2D eigenvalue weighted by molar-refractivity contribution is 6.42. The number of tetrazole rings is 1. The van der Waals surface area contributed by atoms with Crippen LogP contribution in [0.2, 0.25) is 10.0 Å². The molecule has 0 saturated carbocycles. The highest BCUT2D eigenvalue weighted by Gasteiger charge is 2.02. The number of benzene rings is 2. The SMILES string of the molecule is Clc1ccc(COc2ccc(CNc3nn[nH]n3)cc2)cc1Cl. The molecule has 0 radical (unpaired) electrons. The Kier molecular flexibility index (Phi) is 4.95. The fourth-order valence-electron chi connectivity index (χ4n) is 1.92. The van der Waals surface area contributed by atoms with Crippen LogP contribution in [0.3, 0.4) is 0 Å². The molecule has 1 aromatic heterocycles. The summed E-state index contributed by atoms with van der Waals surface area (Å²) in [5, 5.41) is 17.6. The number of aromatic amines is 1. The number of ether oxygens (including phenoxy) is 1. The van der Waals surface area contributed by atoms with E-state index < -0.39 is 0 Å². The average molecular weight is 350 g/mol. The Labute approximate surface area is 142 Å². The van der Waals surface area contributed by atoms with E-state index >= 15 is 0 Å². The normalized spacial score (nSPS) is 10.5. The van der Waals surface area contributed by atoms with Crippen LogP contribution in [-0.4, -0.2) is 20.6 Å². The molecule has 0 amide bonds. The minimum atomic E-state index is 0.428. The quantitative estimate of drug-likeness (QED) is 0.709. The molecule has 0 aliphatic carbocycles. The van der Waals surface area contributed by atoms with Crippen LogP contribution in [0.4, 0.5) is 5.95 Å². The van der Waals surface area contributed by atoms with Gasteiger partial charge in [0.2, 0.25) is 0 Å². The van der Waals surface area contributed by atoms with Gasteiger partial charge in [0.15, 0.2) is 0 Å². The molecule has 0 aliphatic rings. The summed E-state index contributed by atoms with van der Waals surface area (Å²) in [7, 11) is 0. The summed E-state index contributed by atoms with van der Waals surface area (Å²) in [5.74, 6) is 1.24. The standard InChI is InChI=1S/C15H13Cl2N5O/c16-13-6-3-11(7-14(13)17)9-23-12-4-1-10(2-5-12)8-18-15-19-21-22-20-15/h1-7H,8-9H2,(H2,18,19,20,21,22). The zero-order chi connectivity index (χ0) is 16.1. The lowest BCUT2D eigenvalue weighted by molar-refractivity contribution is 0.306. The average Bonchev–Trinajstić information content (AvgIpc) is 3.08. The van der Waals surface area contributed by atoms with Gasteiger partial charge in [-0.2, -0.15) is 5.21 Å². The second kappa shape index (κ2) is 7.30. The Hall–Kier alpha value is -2.31. The molecule has 0 atom stereocenters. The Morgan fingerprint density at radius 2 is 1.78 bits per heavy atom. The van der Waals surface area contributed by atoms with Crippen molar-refractivity contribution in [2.24, 2.45) is 0 Å². The summed E-state index contributed by atoms with van der Waals surface area (Å²) in [6.07, 6.45) is 0. The number of anilines is 1. The molecule has 1 heterocycles. The van der Waals surface area contributed by atoms with Gasteiger partial charge >= 0.3 is 0 Å². The van der Waals surface area contributed by atoms with Crippen LogP contribution in [-0.2, 0) is 13.2 Å². The number of rotatable bonds is 6. The molecule has 3 aromatic rings. The smallest absolute Gasteiger partial charge is 0.263 e. The van der Waals surface area contributed by atoms with Gasteiger partial charge < -0.3 is 10.1 Å². The van der Waals surface area contributed by atoms with Crippen LogP contribution < -0.4 is 10.1 Å². The van der Waals surface area contributed by atoms with Gasteiger partial charge in [0.05, 0.1) is 10.0 Å². The Balaban J connectivity index is 1.53. The summed E-state index contributed by atoms with van der Waals surface area (Å²) in [6, 6.07) is 13.2. The van der Waals surface area contributed by atoms with Crippen LogP contribution in [0.1, 0.15) is 11.1 Å². The minimum Gasteiger partial charge on any atom is -0.489 e. The van der Waals surface area contributed by atoms with E-state index in [9.17, 15) is 0 Å². The molecule has 0 aliphatic heterocycles. The fourth-order valence-corrected chi connectivity index (χ4v) is 2.24. The van der Waals surface area contributed by atoms with Crippen molar-refractivity contribution < 1.29 is 4.74 Å². The van der Waals surface area contributed by atoms with E-state index in [0.29, 0.717) is 29.1 Å². The second-order valence-corrected chi connectivity index (χ2v) is 5.58. The number of halogens is 2. The van der Waals surface area contributed by atoms with Crippen LogP contribution in [0.5, 0.6) is 5.75 Å². The second-order valence-electron chi connectivity index (χ2n) is 4.77. The molecule has 3 rings (SSSR count). The predicted octanol–water partition coefficient (Wildman–Crippen LogP) is 3.70. The Bertz CT molecular complexity index is 762. The molecule has 2 aromatic carbocycles. The van der Waals surface area contributed by atoms with E-state index in [1.165, 1.54) is 0 Å². The molecule has 6 nitrogen and oxygen atoms in total. The number of nitrogens with one attached hydrogen (secondary N) is 2.